The molecule has 0 aliphatic heterocycles. The van der Waals surface area contributed by atoms with Crippen molar-refractivity contribution >= 4 is 28.5 Å². The molecule has 0 fully saturated rings. The van der Waals surface area contributed by atoms with Crippen LogP contribution in [0.2, 0.25) is 5.02 Å². The van der Waals surface area contributed by atoms with Gasteiger partial charge in [0.05, 0.1) is 12.1 Å². The molecule has 0 saturated heterocycles. The van der Waals surface area contributed by atoms with Crippen molar-refractivity contribution in [2.24, 2.45) is 0 Å². The molecule has 20 heavy (non-hydrogen) atoms. The van der Waals surface area contributed by atoms with Crippen LogP contribution in [0.3, 0.4) is 0 Å². The number of carboxylic acid groups (broad SMARTS) is 1. The van der Waals surface area contributed by atoms with Crippen LogP contribution < -0.4 is 4.74 Å². The van der Waals surface area contributed by atoms with E-state index in [9.17, 15) is 18.0 Å². The minimum Gasteiger partial charge on any atom is -0.494 e. The Kier molecular flexibility index (Phi) is 3.47. The van der Waals surface area contributed by atoms with Crippen LogP contribution in [0.15, 0.2) is 18.2 Å². The van der Waals surface area contributed by atoms with E-state index < -0.39 is 28.4 Å². The van der Waals surface area contributed by atoms with Gasteiger partial charge in [0.25, 0.3) is 0 Å². The number of nitrogens with zero attached hydrogens (tertiary/aromatic N) is 1. The molecule has 1 N–H and O–H groups in total. The van der Waals surface area contributed by atoms with Crippen LogP contribution in [0.1, 0.15) is 16.1 Å². The number of alkyl halides is 3. The molecule has 0 saturated carbocycles. The van der Waals surface area contributed by atoms with Crippen LogP contribution in [0.4, 0.5) is 13.2 Å². The van der Waals surface area contributed by atoms with Gasteiger partial charge in [-0.2, -0.15) is 13.2 Å². The Morgan fingerprint density at radius 1 is 1.40 bits per heavy atom. The Balaban J connectivity index is 2.97. The van der Waals surface area contributed by atoms with Gasteiger partial charge < -0.3 is 9.84 Å². The number of hydrogen-bond acceptors (Lipinski definition) is 3. The molecular weight excluding hydrogens is 299 g/mol. The third-order valence-electron chi connectivity index (χ3n) is 2.62. The molecule has 2 aromatic rings. The van der Waals surface area contributed by atoms with Crippen LogP contribution in [-0.2, 0) is 6.18 Å². The molecule has 0 aliphatic rings. The summed E-state index contributed by atoms with van der Waals surface area (Å²) in [6.45, 7) is 0. The van der Waals surface area contributed by atoms with Crippen molar-refractivity contribution in [3.8, 4) is 5.75 Å². The van der Waals surface area contributed by atoms with E-state index in [1.807, 2.05) is 0 Å². The third kappa shape index (κ3) is 2.24. The fourth-order valence-electron chi connectivity index (χ4n) is 1.79. The number of benzene rings is 1. The number of pyridine rings is 1. The van der Waals surface area contributed by atoms with Crippen molar-refractivity contribution in [1.82, 2.24) is 4.98 Å². The zero-order valence-electron chi connectivity index (χ0n) is 9.95. The number of carboxylic acids is 1. The Morgan fingerprint density at radius 2 is 2.05 bits per heavy atom. The average molecular weight is 306 g/mol. The lowest BCUT2D eigenvalue weighted by atomic mass is 10.1. The molecule has 1 aromatic carbocycles. The summed E-state index contributed by atoms with van der Waals surface area (Å²) in [7, 11) is 1.27. The maximum atomic E-state index is 12.9. The van der Waals surface area contributed by atoms with Crippen LogP contribution >= 0.6 is 11.6 Å². The molecule has 2 rings (SSSR count). The molecule has 0 amide bonds. The minimum absolute atomic E-state index is 0.0758. The number of para-hydroxylation sites is 1. The second kappa shape index (κ2) is 4.82. The van der Waals surface area contributed by atoms with Crippen LogP contribution in [0.5, 0.6) is 5.75 Å². The normalized spacial score (nSPS) is 11.7. The van der Waals surface area contributed by atoms with Crippen LogP contribution in [-0.4, -0.2) is 23.2 Å². The Bertz CT molecular complexity index is 700. The van der Waals surface area contributed by atoms with E-state index in [2.05, 4.69) is 4.98 Å². The van der Waals surface area contributed by atoms with E-state index >= 15 is 0 Å². The van der Waals surface area contributed by atoms with E-state index in [1.54, 1.807) is 0 Å². The van der Waals surface area contributed by atoms with Gasteiger partial charge in [0, 0.05) is 5.39 Å². The standard InChI is InChI=1S/C12H7ClF3NO3/c1-20-6-4-2-3-5-8(13)7(11(18)19)10(12(14,15)16)17-9(5)6/h2-4H,1H3,(H,18,19). The fraction of sp³-hybridized carbons (Fsp3) is 0.167. The van der Waals surface area contributed by atoms with E-state index in [4.69, 9.17) is 21.4 Å². The molecule has 1 aromatic heterocycles. The smallest absolute Gasteiger partial charge is 0.434 e. The van der Waals surface area contributed by atoms with E-state index in [0.717, 1.165) is 0 Å². The van der Waals surface area contributed by atoms with Crippen molar-refractivity contribution in [1.29, 1.82) is 0 Å². The van der Waals surface area contributed by atoms with Gasteiger partial charge in [0.15, 0.2) is 5.69 Å². The zero-order valence-corrected chi connectivity index (χ0v) is 10.7. The Morgan fingerprint density at radius 3 is 2.55 bits per heavy atom. The van der Waals surface area contributed by atoms with Gasteiger partial charge in [-0.3, -0.25) is 0 Å². The number of aromatic carboxylic acids is 1. The first-order valence-corrected chi connectivity index (χ1v) is 5.62. The van der Waals surface area contributed by atoms with Crippen molar-refractivity contribution in [3.63, 3.8) is 0 Å². The number of ether oxygens (including phenoxy) is 1. The summed E-state index contributed by atoms with van der Waals surface area (Å²) in [5, 5.41) is 8.50. The van der Waals surface area contributed by atoms with Gasteiger partial charge >= 0.3 is 12.1 Å². The number of hydrogen-bond donors (Lipinski definition) is 1. The van der Waals surface area contributed by atoms with Gasteiger partial charge in [-0.25, -0.2) is 9.78 Å². The summed E-state index contributed by atoms with van der Waals surface area (Å²) >= 11 is 5.80. The largest absolute Gasteiger partial charge is 0.494 e. The topological polar surface area (TPSA) is 59.4 Å². The summed E-state index contributed by atoms with van der Waals surface area (Å²) in [5.41, 5.74) is -2.76. The summed E-state index contributed by atoms with van der Waals surface area (Å²) in [5.74, 6) is -1.72. The van der Waals surface area contributed by atoms with Gasteiger partial charge in [0.1, 0.15) is 16.8 Å². The highest BCUT2D eigenvalue weighted by molar-refractivity contribution is 6.38. The molecule has 0 bridgehead atoms. The molecular formula is C12H7ClF3NO3. The number of rotatable bonds is 2. The van der Waals surface area contributed by atoms with Gasteiger partial charge in [-0.05, 0) is 6.07 Å². The maximum absolute atomic E-state index is 12.9. The Labute approximate surface area is 115 Å². The third-order valence-corrected chi connectivity index (χ3v) is 3.01. The van der Waals surface area contributed by atoms with E-state index in [-0.39, 0.29) is 16.7 Å². The highest BCUT2D eigenvalue weighted by Gasteiger charge is 2.39. The summed E-state index contributed by atoms with van der Waals surface area (Å²) in [6, 6.07) is 4.26. The number of aromatic nitrogens is 1. The first-order chi connectivity index (χ1) is 9.27. The predicted octanol–water partition coefficient (Wildman–Crippen LogP) is 3.61. The van der Waals surface area contributed by atoms with Crippen molar-refractivity contribution in [3.05, 3.63) is 34.5 Å². The molecule has 0 atom stereocenters. The lowest BCUT2D eigenvalue weighted by Gasteiger charge is -2.14. The lowest BCUT2D eigenvalue weighted by molar-refractivity contribution is -0.141. The summed E-state index contributed by atoms with van der Waals surface area (Å²) in [4.78, 5) is 14.4. The molecule has 106 valence electrons. The minimum atomic E-state index is -4.94. The first-order valence-electron chi connectivity index (χ1n) is 5.24. The highest BCUT2D eigenvalue weighted by Crippen LogP contribution is 2.39. The average Bonchev–Trinajstić information content (AvgIpc) is 2.36. The highest BCUT2D eigenvalue weighted by atomic mass is 35.5. The molecule has 0 spiro atoms. The fourth-order valence-corrected chi connectivity index (χ4v) is 2.11. The number of carbonyl (C=O) groups is 1. The summed E-state index contributed by atoms with van der Waals surface area (Å²) in [6.07, 6.45) is -4.94. The van der Waals surface area contributed by atoms with E-state index in [1.165, 1.54) is 25.3 Å². The van der Waals surface area contributed by atoms with Crippen molar-refractivity contribution < 1.29 is 27.8 Å². The zero-order chi connectivity index (χ0) is 15.1. The second-order valence-corrected chi connectivity index (χ2v) is 4.19. The van der Waals surface area contributed by atoms with Gasteiger partial charge in [-0.15, -0.1) is 0 Å². The Hall–Kier alpha value is -2.02. The predicted molar refractivity (Wildman–Crippen MR) is 65.3 cm³/mol. The number of halogens is 4. The molecule has 1 heterocycles. The van der Waals surface area contributed by atoms with Gasteiger partial charge in [0.2, 0.25) is 0 Å². The van der Waals surface area contributed by atoms with E-state index in [0.29, 0.717) is 0 Å². The second-order valence-electron chi connectivity index (χ2n) is 3.81. The number of fused-ring (bicyclic) bond motifs is 1. The SMILES string of the molecule is COc1cccc2c(Cl)c(C(=O)O)c(C(F)(F)F)nc12. The van der Waals surface area contributed by atoms with Crippen molar-refractivity contribution in [2.75, 3.05) is 7.11 Å². The van der Waals surface area contributed by atoms with Crippen molar-refractivity contribution in [2.45, 2.75) is 6.18 Å². The van der Waals surface area contributed by atoms with Crippen LogP contribution in [0, 0.1) is 0 Å². The van der Waals surface area contributed by atoms with Crippen LogP contribution in [0.25, 0.3) is 10.9 Å². The number of methoxy groups -OCH3 is 1. The summed E-state index contributed by atoms with van der Waals surface area (Å²) < 4.78 is 43.7. The maximum Gasteiger partial charge on any atom is 0.434 e. The monoisotopic (exact) mass is 305 g/mol. The quantitative estimate of drug-likeness (QED) is 0.920. The molecule has 0 unspecified atom stereocenters. The lowest BCUT2D eigenvalue weighted by Crippen LogP contribution is -2.16. The first kappa shape index (κ1) is 14.4. The molecule has 0 aliphatic carbocycles. The molecule has 0 radical (unpaired) electrons. The van der Waals surface area contributed by atoms with Gasteiger partial charge in [-0.1, -0.05) is 23.7 Å². The molecule has 8 heteroatoms. The molecule has 4 nitrogen and oxygen atoms in total.